The van der Waals surface area contributed by atoms with Crippen LogP contribution >= 0.6 is 27.3 Å². The van der Waals surface area contributed by atoms with Gasteiger partial charge in [0.15, 0.2) is 0 Å². The van der Waals surface area contributed by atoms with Crippen LogP contribution < -0.4 is 10.5 Å². The second-order valence-electron chi connectivity index (χ2n) is 4.00. The number of nitrogens with one attached hydrogen (secondary N) is 1. The van der Waals surface area contributed by atoms with E-state index in [0.29, 0.717) is 10.6 Å². The first kappa shape index (κ1) is 14.3. The predicted molar refractivity (Wildman–Crippen MR) is 81.0 cm³/mol. The van der Waals surface area contributed by atoms with Gasteiger partial charge in [-0.1, -0.05) is 0 Å². The Labute approximate surface area is 124 Å². The van der Waals surface area contributed by atoms with Crippen LogP contribution in [0.3, 0.4) is 0 Å². The van der Waals surface area contributed by atoms with Gasteiger partial charge in [-0.05, 0) is 47.5 Å². The van der Waals surface area contributed by atoms with Crippen molar-refractivity contribution in [1.82, 2.24) is 4.98 Å². The Balaban J connectivity index is 2.36. The van der Waals surface area contributed by atoms with Gasteiger partial charge < -0.3 is 5.73 Å². The average Bonchev–Trinajstić information content (AvgIpc) is 2.63. The number of hydrogen-bond donors (Lipinski definition) is 2. The van der Waals surface area contributed by atoms with Crippen molar-refractivity contribution < 1.29 is 8.42 Å². The Morgan fingerprint density at radius 1 is 1.37 bits per heavy atom. The highest BCUT2D eigenvalue weighted by Gasteiger charge is 2.20. The van der Waals surface area contributed by atoms with Crippen LogP contribution in [-0.2, 0) is 10.0 Å². The van der Waals surface area contributed by atoms with E-state index in [1.54, 1.807) is 26.0 Å². The number of sulfonamides is 1. The number of aromatic nitrogens is 1. The lowest BCUT2D eigenvalue weighted by Gasteiger charge is -2.08. The van der Waals surface area contributed by atoms with Gasteiger partial charge in [0.25, 0.3) is 10.0 Å². The topological polar surface area (TPSA) is 85.1 Å². The van der Waals surface area contributed by atoms with Crippen molar-refractivity contribution in [2.45, 2.75) is 18.7 Å². The van der Waals surface area contributed by atoms with Crippen molar-refractivity contribution >= 4 is 48.8 Å². The van der Waals surface area contributed by atoms with Gasteiger partial charge in [0.1, 0.15) is 10.7 Å². The Morgan fingerprint density at radius 2 is 2.05 bits per heavy atom. The summed E-state index contributed by atoms with van der Waals surface area (Å²) in [5, 5.41) is 0. The molecular weight excluding hydrogens is 350 g/mol. The normalized spacial score (nSPS) is 11.5. The third kappa shape index (κ3) is 3.07. The minimum atomic E-state index is -3.63. The molecule has 102 valence electrons. The second kappa shape index (κ2) is 5.10. The Morgan fingerprint density at radius 3 is 2.58 bits per heavy atom. The van der Waals surface area contributed by atoms with Crippen molar-refractivity contribution in [1.29, 1.82) is 0 Å². The SMILES string of the molecule is Cc1cc(NS(=O)(=O)c2cc(Br)sc2C)ncc1N. The Hall–Kier alpha value is -1.12. The monoisotopic (exact) mass is 361 g/mol. The van der Waals surface area contributed by atoms with E-state index in [1.165, 1.54) is 17.5 Å². The molecule has 0 aromatic carbocycles. The number of halogens is 1. The van der Waals surface area contributed by atoms with Gasteiger partial charge in [0, 0.05) is 4.88 Å². The third-order valence-electron chi connectivity index (χ3n) is 2.52. The molecule has 5 nitrogen and oxygen atoms in total. The summed E-state index contributed by atoms with van der Waals surface area (Å²) >= 11 is 4.65. The molecule has 0 amide bonds. The number of nitrogen functional groups attached to an aromatic ring is 1. The summed E-state index contributed by atoms with van der Waals surface area (Å²) < 4.78 is 27.7. The maximum absolute atomic E-state index is 12.2. The van der Waals surface area contributed by atoms with Gasteiger partial charge in [-0.3, -0.25) is 4.72 Å². The van der Waals surface area contributed by atoms with Crippen LogP contribution in [0.1, 0.15) is 10.4 Å². The summed E-state index contributed by atoms with van der Waals surface area (Å²) in [4.78, 5) is 4.93. The fourth-order valence-corrected chi connectivity index (χ4v) is 4.93. The van der Waals surface area contributed by atoms with E-state index in [0.717, 1.165) is 9.35 Å². The molecule has 0 radical (unpaired) electrons. The van der Waals surface area contributed by atoms with E-state index in [1.807, 2.05) is 0 Å². The third-order valence-corrected chi connectivity index (χ3v) is 5.69. The zero-order valence-electron chi connectivity index (χ0n) is 10.3. The van der Waals surface area contributed by atoms with Crippen LogP contribution in [0.15, 0.2) is 27.0 Å². The van der Waals surface area contributed by atoms with Crippen LogP contribution in [0, 0.1) is 13.8 Å². The van der Waals surface area contributed by atoms with Gasteiger partial charge in [0.05, 0.1) is 15.7 Å². The number of thiophene rings is 1. The summed E-state index contributed by atoms with van der Waals surface area (Å²) in [7, 11) is -3.63. The molecule has 0 bridgehead atoms. The summed E-state index contributed by atoms with van der Waals surface area (Å²) in [6.07, 6.45) is 1.43. The maximum Gasteiger partial charge on any atom is 0.264 e. The van der Waals surface area contributed by atoms with Gasteiger partial charge in [-0.2, -0.15) is 0 Å². The van der Waals surface area contributed by atoms with Crippen molar-refractivity contribution in [2.24, 2.45) is 0 Å². The molecule has 0 fully saturated rings. The molecule has 0 spiro atoms. The molecule has 2 aromatic heterocycles. The molecule has 0 atom stereocenters. The molecule has 2 aromatic rings. The van der Waals surface area contributed by atoms with Gasteiger partial charge in [-0.25, -0.2) is 13.4 Å². The number of aryl methyl sites for hydroxylation is 2. The van der Waals surface area contributed by atoms with Crippen molar-refractivity contribution in [3.8, 4) is 0 Å². The minimum Gasteiger partial charge on any atom is -0.397 e. The van der Waals surface area contributed by atoms with Crippen LogP contribution in [0.4, 0.5) is 11.5 Å². The number of nitrogens with zero attached hydrogens (tertiary/aromatic N) is 1. The standard InChI is InChI=1S/C11H12BrN3O2S2/c1-6-3-11(14-5-8(6)13)15-19(16,17)9-4-10(12)18-7(9)2/h3-5H,13H2,1-2H3,(H,14,15). The van der Waals surface area contributed by atoms with Crippen molar-refractivity contribution in [3.63, 3.8) is 0 Å². The van der Waals surface area contributed by atoms with Gasteiger partial charge in [0.2, 0.25) is 0 Å². The Bertz CT molecular complexity index is 726. The number of hydrogen-bond acceptors (Lipinski definition) is 5. The molecule has 0 aliphatic heterocycles. The molecule has 2 heterocycles. The van der Waals surface area contributed by atoms with Crippen molar-refractivity contribution in [2.75, 3.05) is 10.5 Å². The van der Waals surface area contributed by atoms with E-state index >= 15 is 0 Å². The quantitative estimate of drug-likeness (QED) is 0.879. The first-order valence-electron chi connectivity index (χ1n) is 5.30. The van der Waals surface area contributed by atoms with Crippen LogP contribution in [0.5, 0.6) is 0 Å². The second-order valence-corrected chi connectivity index (χ2v) is 8.29. The number of nitrogens with two attached hydrogens (primary N) is 1. The molecule has 0 saturated carbocycles. The highest BCUT2D eigenvalue weighted by Crippen LogP contribution is 2.30. The van der Waals surface area contributed by atoms with Gasteiger partial charge in [-0.15, -0.1) is 11.3 Å². The van der Waals surface area contributed by atoms with E-state index in [9.17, 15) is 8.42 Å². The summed E-state index contributed by atoms with van der Waals surface area (Å²) in [6.45, 7) is 3.55. The van der Waals surface area contributed by atoms with E-state index in [2.05, 4.69) is 25.6 Å². The molecule has 2 rings (SSSR count). The highest BCUT2D eigenvalue weighted by atomic mass is 79.9. The highest BCUT2D eigenvalue weighted by molar-refractivity contribution is 9.11. The number of rotatable bonds is 3. The molecule has 0 unspecified atom stereocenters. The lowest BCUT2D eigenvalue weighted by Crippen LogP contribution is -2.14. The van der Waals surface area contributed by atoms with Crippen molar-refractivity contribution in [3.05, 3.63) is 32.6 Å². The molecular formula is C11H12BrN3O2S2. The fourth-order valence-electron chi connectivity index (χ4n) is 1.51. The molecule has 0 saturated heterocycles. The Kier molecular flexibility index (Phi) is 3.84. The van der Waals surface area contributed by atoms with Crippen LogP contribution in [0.25, 0.3) is 0 Å². The zero-order chi connectivity index (χ0) is 14.2. The minimum absolute atomic E-state index is 0.251. The van der Waals surface area contributed by atoms with E-state index in [4.69, 9.17) is 5.73 Å². The molecule has 0 aliphatic carbocycles. The lowest BCUT2D eigenvalue weighted by molar-refractivity contribution is 0.601. The largest absolute Gasteiger partial charge is 0.397 e. The molecule has 0 aliphatic rings. The average molecular weight is 362 g/mol. The molecule has 3 N–H and O–H groups in total. The molecule has 19 heavy (non-hydrogen) atoms. The van der Waals surface area contributed by atoms with E-state index < -0.39 is 10.0 Å². The summed E-state index contributed by atoms with van der Waals surface area (Å²) in [5.74, 6) is 0.258. The van der Waals surface area contributed by atoms with Crippen LogP contribution in [0.2, 0.25) is 0 Å². The van der Waals surface area contributed by atoms with Crippen LogP contribution in [-0.4, -0.2) is 13.4 Å². The molecule has 8 heteroatoms. The predicted octanol–water partition coefficient (Wildman–Crippen LogP) is 2.91. The zero-order valence-corrected chi connectivity index (χ0v) is 13.5. The maximum atomic E-state index is 12.2. The first-order chi connectivity index (χ1) is 8.79. The fraction of sp³-hybridized carbons (Fsp3) is 0.182. The lowest BCUT2D eigenvalue weighted by atomic mass is 10.2. The van der Waals surface area contributed by atoms with Gasteiger partial charge >= 0.3 is 0 Å². The summed E-state index contributed by atoms with van der Waals surface area (Å²) in [6, 6.07) is 3.18. The first-order valence-corrected chi connectivity index (χ1v) is 8.40. The summed E-state index contributed by atoms with van der Waals surface area (Å²) in [5.41, 5.74) is 6.95. The smallest absolute Gasteiger partial charge is 0.264 e. The number of anilines is 2. The van der Waals surface area contributed by atoms with E-state index in [-0.39, 0.29) is 10.7 Å². The number of pyridine rings is 1.